The van der Waals surface area contributed by atoms with Crippen LogP contribution < -0.4 is 0 Å². The number of esters is 1. The number of hydrogen-bond donors (Lipinski definition) is 0. The van der Waals surface area contributed by atoms with E-state index in [9.17, 15) is 9.18 Å². The van der Waals surface area contributed by atoms with Crippen molar-refractivity contribution < 1.29 is 13.9 Å². The molecule has 1 aromatic rings. The summed E-state index contributed by atoms with van der Waals surface area (Å²) >= 11 is 3.11. The molecular formula is C11H12BrFO2. The van der Waals surface area contributed by atoms with Crippen molar-refractivity contribution in [2.45, 2.75) is 26.4 Å². The van der Waals surface area contributed by atoms with Gasteiger partial charge in [0.1, 0.15) is 17.0 Å². The topological polar surface area (TPSA) is 26.3 Å². The van der Waals surface area contributed by atoms with E-state index in [2.05, 4.69) is 15.9 Å². The van der Waals surface area contributed by atoms with Crippen LogP contribution in [0.4, 0.5) is 4.39 Å². The van der Waals surface area contributed by atoms with Crippen molar-refractivity contribution >= 4 is 21.9 Å². The van der Waals surface area contributed by atoms with Gasteiger partial charge in [-0.25, -0.2) is 9.18 Å². The van der Waals surface area contributed by atoms with Crippen LogP contribution in [0.1, 0.15) is 31.1 Å². The van der Waals surface area contributed by atoms with Gasteiger partial charge >= 0.3 is 5.97 Å². The van der Waals surface area contributed by atoms with Gasteiger partial charge in [0.15, 0.2) is 0 Å². The first kappa shape index (κ1) is 12.2. The number of hydrogen-bond acceptors (Lipinski definition) is 2. The minimum absolute atomic E-state index is 0.0626. The maximum Gasteiger partial charge on any atom is 0.342 e. The number of carbonyl (C=O) groups excluding carboxylic acids is 1. The molecular weight excluding hydrogens is 263 g/mol. The Kier molecular flexibility index (Phi) is 3.50. The summed E-state index contributed by atoms with van der Waals surface area (Å²) in [5, 5.41) is 0. The van der Waals surface area contributed by atoms with Gasteiger partial charge in [-0.2, -0.15) is 0 Å². The fourth-order valence-electron chi connectivity index (χ4n) is 1.02. The molecule has 1 rings (SSSR count). The van der Waals surface area contributed by atoms with E-state index >= 15 is 0 Å². The lowest BCUT2D eigenvalue weighted by atomic mass is 10.1. The molecule has 0 spiro atoms. The number of carbonyl (C=O) groups is 1. The molecule has 0 fully saturated rings. The van der Waals surface area contributed by atoms with Gasteiger partial charge in [-0.3, -0.25) is 0 Å². The Balaban J connectivity index is 3.02. The maximum absolute atomic E-state index is 13.3. The summed E-state index contributed by atoms with van der Waals surface area (Å²) in [5.74, 6) is -1.24. The summed E-state index contributed by atoms with van der Waals surface area (Å²) in [7, 11) is 0. The van der Waals surface area contributed by atoms with Crippen molar-refractivity contribution in [1.82, 2.24) is 0 Å². The quantitative estimate of drug-likeness (QED) is 0.733. The minimum Gasteiger partial charge on any atom is -0.456 e. The van der Waals surface area contributed by atoms with Crippen LogP contribution in [-0.4, -0.2) is 11.6 Å². The molecule has 0 radical (unpaired) electrons. The Morgan fingerprint density at radius 3 is 2.47 bits per heavy atom. The molecule has 15 heavy (non-hydrogen) atoms. The lowest BCUT2D eigenvalue weighted by Crippen LogP contribution is -2.24. The van der Waals surface area contributed by atoms with Crippen LogP contribution in [-0.2, 0) is 4.74 Å². The van der Waals surface area contributed by atoms with Crippen LogP contribution in [0.3, 0.4) is 0 Å². The molecule has 0 heterocycles. The zero-order valence-electron chi connectivity index (χ0n) is 8.80. The second kappa shape index (κ2) is 4.31. The Labute approximate surface area is 96.6 Å². The van der Waals surface area contributed by atoms with E-state index in [-0.39, 0.29) is 5.56 Å². The average molecular weight is 275 g/mol. The Hall–Kier alpha value is -0.900. The molecule has 0 aliphatic carbocycles. The first-order valence-corrected chi connectivity index (χ1v) is 5.28. The molecule has 4 heteroatoms. The lowest BCUT2D eigenvalue weighted by molar-refractivity contribution is 0.00636. The normalized spacial score (nSPS) is 11.3. The van der Waals surface area contributed by atoms with Crippen molar-refractivity contribution in [3.05, 3.63) is 34.1 Å². The molecule has 0 saturated carbocycles. The van der Waals surface area contributed by atoms with Gasteiger partial charge in [0, 0.05) is 4.47 Å². The van der Waals surface area contributed by atoms with Crippen LogP contribution >= 0.6 is 15.9 Å². The third kappa shape index (κ3) is 3.30. The summed E-state index contributed by atoms with van der Waals surface area (Å²) in [6.45, 7) is 5.21. The largest absolute Gasteiger partial charge is 0.456 e. The third-order valence-electron chi connectivity index (χ3n) is 1.57. The molecule has 0 bridgehead atoms. The van der Waals surface area contributed by atoms with E-state index < -0.39 is 17.4 Å². The molecule has 0 saturated heterocycles. The fourth-order valence-corrected chi connectivity index (χ4v) is 1.53. The smallest absolute Gasteiger partial charge is 0.342 e. The first-order valence-electron chi connectivity index (χ1n) is 4.48. The number of rotatable bonds is 1. The highest BCUT2D eigenvalue weighted by atomic mass is 79.9. The molecule has 1 aromatic carbocycles. The van der Waals surface area contributed by atoms with E-state index in [1.165, 1.54) is 12.1 Å². The Morgan fingerprint density at radius 2 is 2.00 bits per heavy atom. The van der Waals surface area contributed by atoms with Gasteiger partial charge in [-0.1, -0.05) is 6.07 Å². The highest BCUT2D eigenvalue weighted by Gasteiger charge is 2.22. The van der Waals surface area contributed by atoms with Crippen LogP contribution in [0.2, 0.25) is 0 Å². The van der Waals surface area contributed by atoms with E-state index in [0.717, 1.165) is 0 Å². The number of ether oxygens (including phenoxy) is 1. The average Bonchev–Trinajstić information content (AvgIpc) is 1.99. The molecule has 0 N–H and O–H groups in total. The van der Waals surface area contributed by atoms with Gasteiger partial charge in [-0.15, -0.1) is 0 Å². The van der Waals surface area contributed by atoms with Gasteiger partial charge in [0.05, 0.1) is 0 Å². The van der Waals surface area contributed by atoms with Crippen LogP contribution in [0.25, 0.3) is 0 Å². The van der Waals surface area contributed by atoms with Gasteiger partial charge in [0.2, 0.25) is 0 Å². The zero-order valence-corrected chi connectivity index (χ0v) is 10.4. The predicted octanol–water partition coefficient (Wildman–Crippen LogP) is 3.54. The zero-order chi connectivity index (χ0) is 11.6. The molecule has 2 nitrogen and oxygen atoms in total. The van der Waals surface area contributed by atoms with E-state index in [4.69, 9.17) is 4.74 Å². The van der Waals surface area contributed by atoms with Gasteiger partial charge in [0.25, 0.3) is 0 Å². The second-order valence-corrected chi connectivity index (χ2v) is 4.95. The molecule has 0 aromatic heterocycles. The molecule has 0 aliphatic heterocycles. The Morgan fingerprint density at radius 1 is 1.40 bits per heavy atom. The predicted molar refractivity (Wildman–Crippen MR) is 59.3 cm³/mol. The van der Waals surface area contributed by atoms with Crippen LogP contribution in [0.5, 0.6) is 0 Å². The summed E-state index contributed by atoms with van der Waals surface area (Å²) in [6.07, 6.45) is 0. The van der Waals surface area contributed by atoms with Gasteiger partial charge < -0.3 is 4.74 Å². The highest BCUT2D eigenvalue weighted by Crippen LogP contribution is 2.22. The number of benzene rings is 1. The minimum atomic E-state index is -0.660. The SMILES string of the molecule is CC(C)(C)OC(=O)c1c(F)cccc1Br. The molecule has 0 aliphatic rings. The lowest BCUT2D eigenvalue weighted by Gasteiger charge is -2.20. The van der Waals surface area contributed by atoms with Crippen LogP contribution in [0.15, 0.2) is 22.7 Å². The van der Waals surface area contributed by atoms with Crippen molar-refractivity contribution in [3.8, 4) is 0 Å². The monoisotopic (exact) mass is 274 g/mol. The standard InChI is InChI=1S/C11H12BrFO2/c1-11(2,3)15-10(14)9-7(12)5-4-6-8(9)13/h4-6H,1-3H3. The molecule has 0 unspecified atom stereocenters. The summed E-state index contributed by atoms with van der Waals surface area (Å²) < 4.78 is 18.8. The van der Waals surface area contributed by atoms with E-state index in [0.29, 0.717) is 4.47 Å². The Bertz CT molecular complexity index is 362. The third-order valence-corrected chi connectivity index (χ3v) is 2.23. The number of halogens is 2. The van der Waals surface area contributed by atoms with E-state index in [1.54, 1.807) is 26.8 Å². The van der Waals surface area contributed by atoms with Crippen molar-refractivity contribution in [2.75, 3.05) is 0 Å². The summed E-state index contributed by atoms with van der Waals surface area (Å²) in [4.78, 5) is 11.6. The molecule has 0 atom stereocenters. The van der Waals surface area contributed by atoms with Crippen molar-refractivity contribution in [3.63, 3.8) is 0 Å². The summed E-state index contributed by atoms with van der Waals surface area (Å²) in [5.41, 5.74) is -0.689. The van der Waals surface area contributed by atoms with Crippen LogP contribution in [0, 0.1) is 5.82 Å². The van der Waals surface area contributed by atoms with Crippen molar-refractivity contribution in [2.24, 2.45) is 0 Å². The van der Waals surface area contributed by atoms with E-state index in [1.807, 2.05) is 0 Å². The first-order chi connectivity index (χ1) is 6.81. The van der Waals surface area contributed by atoms with Gasteiger partial charge in [-0.05, 0) is 48.8 Å². The summed E-state index contributed by atoms with van der Waals surface area (Å²) in [6, 6.07) is 4.35. The fraction of sp³-hybridized carbons (Fsp3) is 0.364. The second-order valence-electron chi connectivity index (χ2n) is 4.10. The maximum atomic E-state index is 13.3. The molecule has 0 amide bonds. The van der Waals surface area contributed by atoms with Crippen molar-refractivity contribution in [1.29, 1.82) is 0 Å². The molecule has 82 valence electrons. The highest BCUT2D eigenvalue weighted by molar-refractivity contribution is 9.10.